The van der Waals surface area contributed by atoms with Crippen molar-refractivity contribution in [1.29, 1.82) is 0 Å². The first-order valence-electron chi connectivity index (χ1n) is 17.4. The molecule has 6 heteroatoms. The lowest BCUT2D eigenvalue weighted by Crippen LogP contribution is -2.28. The van der Waals surface area contributed by atoms with Gasteiger partial charge in [-0.1, -0.05) is 110 Å². The number of ether oxygens (including phenoxy) is 2. The summed E-state index contributed by atoms with van der Waals surface area (Å²) < 4.78 is 11.2. The van der Waals surface area contributed by atoms with Gasteiger partial charge in [0.15, 0.2) is 0 Å². The number of phenols is 1. The monoisotopic (exact) mass is 645 g/mol. The van der Waals surface area contributed by atoms with Crippen LogP contribution in [0.3, 0.4) is 0 Å². The van der Waals surface area contributed by atoms with Crippen LogP contribution in [0.5, 0.6) is 17.2 Å². The number of benzene rings is 3. The summed E-state index contributed by atoms with van der Waals surface area (Å²) in [4.78, 5) is 24.5. The van der Waals surface area contributed by atoms with Gasteiger partial charge in [-0.2, -0.15) is 0 Å². The molecule has 3 aromatic carbocycles. The van der Waals surface area contributed by atoms with E-state index in [-0.39, 0.29) is 12.1 Å². The number of unbranched alkanes of at least 4 members (excludes halogenated alkanes) is 6. The maximum absolute atomic E-state index is 12.3. The predicted molar refractivity (Wildman–Crippen MR) is 194 cm³/mol. The molecule has 0 spiro atoms. The van der Waals surface area contributed by atoms with E-state index in [1.165, 1.54) is 0 Å². The van der Waals surface area contributed by atoms with Crippen molar-refractivity contribution in [3.05, 3.63) is 88.0 Å². The summed E-state index contributed by atoms with van der Waals surface area (Å²) >= 11 is 0. The van der Waals surface area contributed by atoms with Crippen LogP contribution in [0.2, 0.25) is 0 Å². The smallest absolute Gasteiger partial charge is 0.412 e. The first-order valence-corrected chi connectivity index (χ1v) is 17.4. The highest BCUT2D eigenvalue weighted by molar-refractivity contribution is 5.73. The molecule has 0 aliphatic rings. The maximum Gasteiger partial charge on any atom is 0.412 e. The van der Waals surface area contributed by atoms with Crippen molar-refractivity contribution in [2.45, 2.75) is 131 Å². The highest BCUT2D eigenvalue weighted by atomic mass is 16.6. The molecular formula is C41H59NO5. The molecule has 3 aromatic rings. The average molecular weight is 646 g/mol. The molecule has 0 aromatic heterocycles. The van der Waals surface area contributed by atoms with Gasteiger partial charge >= 0.3 is 12.1 Å². The van der Waals surface area contributed by atoms with Gasteiger partial charge < -0.3 is 19.9 Å². The summed E-state index contributed by atoms with van der Waals surface area (Å²) in [6.07, 6.45) is 7.31. The minimum atomic E-state index is -0.388. The number of amides is 1. The second-order valence-electron chi connectivity index (χ2n) is 13.6. The van der Waals surface area contributed by atoms with Crippen LogP contribution in [-0.2, 0) is 4.79 Å². The molecule has 0 saturated carbocycles. The highest BCUT2D eigenvalue weighted by Gasteiger charge is 2.13. The number of rotatable bonds is 15. The molecule has 0 aliphatic heterocycles. The summed E-state index contributed by atoms with van der Waals surface area (Å²) in [5, 5.41) is 12.3. The van der Waals surface area contributed by atoms with E-state index in [0.717, 1.165) is 78.3 Å². The number of hydrogen-bond acceptors (Lipinski definition) is 5. The van der Waals surface area contributed by atoms with Crippen molar-refractivity contribution < 1.29 is 24.2 Å². The molecule has 0 radical (unpaired) electrons. The van der Waals surface area contributed by atoms with Crippen LogP contribution >= 0.6 is 0 Å². The lowest BCUT2D eigenvalue weighted by molar-refractivity contribution is -0.134. The van der Waals surface area contributed by atoms with E-state index in [9.17, 15) is 14.7 Å². The minimum absolute atomic E-state index is 0.147. The molecule has 258 valence electrons. The van der Waals surface area contributed by atoms with Crippen LogP contribution in [0.15, 0.2) is 54.6 Å². The molecule has 2 N–H and O–H groups in total. The zero-order valence-corrected chi connectivity index (χ0v) is 30.4. The third-order valence-electron chi connectivity index (χ3n) is 8.14. The van der Waals surface area contributed by atoms with E-state index in [1.54, 1.807) is 6.07 Å². The molecule has 0 bridgehead atoms. The molecule has 0 atom stereocenters. The highest BCUT2D eigenvalue weighted by Crippen LogP contribution is 2.29. The Balaban J connectivity index is 0.000000587. The Morgan fingerprint density at radius 3 is 1.51 bits per heavy atom. The SMILES string of the molecule is Cc1ccc(C(C)C)c(O)c1.Cc1ccc(C(C)C)c(OC(=O)CCCCCCCCCNC(=O)Oc2cc(C)ccc2C(C)C)c1. The zero-order chi connectivity index (χ0) is 34.9. The average Bonchev–Trinajstić information content (AvgIpc) is 2.98. The van der Waals surface area contributed by atoms with Gasteiger partial charge in [-0.25, -0.2) is 4.79 Å². The number of carbonyl (C=O) groups is 2. The third-order valence-corrected chi connectivity index (χ3v) is 8.14. The second-order valence-corrected chi connectivity index (χ2v) is 13.6. The van der Waals surface area contributed by atoms with E-state index in [2.05, 4.69) is 52.9 Å². The normalized spacial score (nSPS) is 11.0. The van der Waals surface area contributed by atoms with E-state index in [4.69, 9.17) is 9.47 Å². The first kappa shape index (κ1) is 39.4. The lowest BCUT2D eigenvalue weighted by Gasteiger charge is -2.14. The summed E-state index contributed by atoms with van der Waals surface area (Å²) in [7, 11) is 0. The molecule has 3 rings (SSSR count). The minimum Gasteiger partial charge on any atom is -0.508 e. The van der Waals surface area contributed by atoms with Crippen molar-refractivity contribution in [2.75, 3.05) is 6.54 Å². The number of aromatic hydroxyl groups is 1. The molecule has 1 amide bonds. The van der Waals surface area contributed by atoms with E-state index in [1.807, 2.05) is 63.2 Å². The molecule has 47 heavy (non-hydrogen) atoms. The molecule has 0 saturated heterocycles. The molecule has 0 unspecified atom stereocenters. The van der Waals surface area contributed by atoms with Crippen molar-refractivity contribution >= 4 is 12.1 Å². The van der Waals surface area contributed by atoms with Gasteiger partial charge in [0.25, 0.3) is 0 Å². The maximum atomic E-state index is 12.3. The van der Waals surface area contributed by atoms with Crippen LogP contribution in [0.1, 0.15) is 144 Å². The Bertz CT molecular complexity index is 1330. The Labute approximate surface area is 284 Å². The Morgan fingerprint density at radius 1 is 0.596 bits per heavy atom. The van der Waals surface area contributed by atoms with Crippen LogP contribution in [-0.4, -0.2) is 23.7 Å². The molecule has 0 aliphatic carbocycles. The number of hydrogen-bond donors (Lipinski definition) is 2. The van der Waals surface area contributed by atoms with Gasteiger partial charge in [0.05, 0.1) is 0 Å². The van der Waals surface area contributed by atoms with Crippen molar-refractivity contribution in [1.82, 2.24) is 5.32 Å². The van der Waals surface area contributed by atoms with Crippen LogP contribution in [0.25, 0.3) is 0 Å². The first-order chi connectivity index (χ1) is 22.3. The third kappa shape index (κ3) is 14.7. The van der Waals surface area contributed by atoms with Crippen LogP contribution in [0.4, 0.5) is 4.79 Å². The van der Waals surface area contributed by atoms with Crippen molar-refractivity contribution in [3.8, 4) is 17.2 Å². The number of phenolic OH excluding ortho intramolecular Hbond substituents is 1. The summed E-state index contributed by atoms with van der Waals surface area (Å²) in [6.45, 7) is 19.1. The fourth-order valence-electron chi connectivity index (χ4n) is 5.33. The molecule has 0 fully saturated rings. The second kappa shape index (κ2) is 20.4. The number of nitrogens with one attached hydrogen (secondary N) is 1. The van der Waals surface area contributed by atoms with Gasteiger partial charge in [-0.3, -0.25) is 4.79 Å². The predicted octanol–water partition coefficient (Wildman–Crippen LogP) is 11.2. The Morgan fingerprint density at radius 2 is 1.02 bits per heavy atom. The number of aryl methyl sites for hydroxylation is 3. The fraction of sp³-hybridized carbons (Fsp3) is 0.512. The van der Waals surface area contributed by atoms with E-state index >= 15 is 0 Å². The lowest BCUT2D eigenvalue weighted by atomic mass is 10.0. The van der Waals surface area contributed by atoms with Gasteiger partial charge in [-0.15, -0.1) is 0 Å². The van der Waals surface area contributed by atoms with Crippen molar-refractivity contribution in [3.63, 3.8) is 0 Å². The summed E-state index contributed by atoms with van der Waals surface area (Å²) in [6, 6.07) is 17.8. The van der Waals surface area contributed by atoms with Crippen LogP contribution in [0, 0.1) is 20.8 Å². The fourth-order valence-corrected chi connectivity index (χ4v) is 5.33. The van der Waals surface area contributed by atoms with Gasteiger partial charge in [-0.05, 0) is 103 Å². The van der Waals surface area contributed by atoms with Crippen molar-refractivity contribution in [2.24, 2.45) is 0 Å². The van der Waals surface area contributed by atoms with E-state index in [0.29, 0.717) is 48.0 Å². The van der Waals surface area contributed by atoms with Gasteiger partial charge in [0.2, 0.25) is 0 Å². The van der Waals surface area contributed by atoms with Gasteiger partial charge in [0.1, 0.15) is 17.2 Å². The molecule has 6 nitrogen and oxygen atoms in total. The number of esters is 1. The van der Waals surface area contributed by atoms with E-state index < -0.39 is 0 Å². The summed E-state index contributed by atoms with van der Waals surface area (Å²) in [5.41, 5.74) is 6.42. The molecular weight excluding hydrogens is 586 g/mol. The summed E-state index contributed by atoms with van der Waals surface area (Å²) in [5.74, 6) is 2.63. The zero-order valence-electron chi connectivity index (χ0n) is 30.4. The topological polar surface area (TPSA) is 84.9 Å². The Hall–Kier alpha value is -3.80. The number of carbonyl (C=O) groups excluding carboxylic acids is 2. The van der Waals surface area contributed by atoms with Crippen LogP contribution < -0.4 is 14.8 Å². The molecule has 0 heterocycles. The standard InChI is InChI=1S/C31H45NO4.C10H14O/c1-22(2)26-17-15-24(5)20-28(26)35-30(33)14-12-10-8-7-9-11-13-19-32-31(34)36-29-21-25(6)16-18-27(29)23(3)4;1-7(2)9-5-4-8(3)6-10(9)11/h15-18,20-23H,7-14,19H2,1-6H3,(H,32,34);4-7,11H,1-3H3. The van der Waals surface area contributed by atoms with Gasteiger partial charge in [0, 0.05) is 13.0 Å². The Kier molecular flexibility index (Phi) is 17.1. The quantitative estimate of drug-likeness (QED) is 0.0976. The largest absolute Gasteiger partial charge is 0.508 e.